The first-order valence-corrected chi connectivity index (χ1v) is 9.42. The molecule has 0 fully saturated rings. The molecule has 5 rings (SSSR count). The van der Waals surface area contributed by atoms with Gasteiger partial charge in [-0.1, -0.05) is 18.2 Å². The minimum atomic E-state index is 0.546. The summed E-state index contributed by atoms with van der Waals surface area (Å²) in [5, 5.41) is 14.1. The number of aromatic nitrogens is 4. The Kier molecular flexibility index (Phi) is 4.18. The van der Waals surface area contributed by atoms with Gasteiger partial charge < -0.3 is 26.2 Å². The lowest BCUT2D eigenvalue weighted by Crippen LogP contribution is -2.24. The van der Waals surface area contributed by atoms with Crippen molar-refractivity contribution in [3.8, 4) is 11.3 Å². The van der Waals surface area contributed by atoms with Crippen molar-refractivity contribution in [1.82, 2.24) is 24.7 Å². The third kappa shape index (κ3) is 3.19. The molecule has 0 radical (unpaired) electrons. The lowest BCUT2D eigenvalue weighted by molar-refractivity contribution is 0.631. The van der Waals surface area contributed by atoms with Crippen molar-refractivity contribution in [2.24, 2.45) is 0 Å². The van der Waals surface area contributed by atoms with Gasteiger partial charge in [0.15, 0.2) is 11.5 Å². The average molecular weight is 384 g/mol. The summed E-state index contributed by atoms with van der Waals surface area (Å²) in [6.07, 6.45) is 7.70. The van der Waals surface area contributed by atoms with Crippen molar-refractivity contribution in [3.63, 3.8) is 0 Å². The molecule has 0 amide bonds. The van der Waals surface area contributed by atoms with Crippen LogP contribution in [0.1, 0.15) is 16.8 Å². The van der Waals surface area contributed by atoms with Gasteiger partial charge in [0.2, 0.25) is 0 Å². The Labute approximate surface area is 167 Å². The second-order valence-electron chi connectivity index (χ2n) is 6.97. The highest BCUT2D eigenvalue weighted by molar-refractivity contribution is 5.87. The molecule has 1 aromatic carbocycles. The van der Waals surface area contributed by atoms with Crippen LogP contribution in [0, 0.1) is 5.41 Å². The van der Waals surface area contributed by atoms with Crippen LogP contribution in [0.4, 0.5) is 17.3 Å². The van der Waals surface area contributed by atoms with Crippen LogP contribution >= 0.6 is 0 Å². The highest BCUT2D eigenvalue weighted by Crippen LogP contribution is 2.26. The van der Waals surface area contributed by atoms with Gasteiger partial charge in [-0.25, -0.2) is 15.0 Å². The molecule has 3 aromatic heterocycles. The van der Waals surface area contributed by atoms with E-state index in [0.717, 1.165) is 47.9 Å². The van der Waals surface area contributed by atoms with Gasteiger partial charge in [-0.3, -0.25) is 0 Å². The molecule has 0 aliphatic carbocycles. The maximum Gasteiger partial charge on any atom is 0.180 e. The van der Waals surface area contributed by atoms with Crippen molar-refractivity contribution < 1.29 is 0 Å². The number of nitrogens with one attached hydrogen (secondary N) is 3. The topological polar surface area (TPSA) is 117 Å². The van der Waals surface area contributed by atoms with E-state index in [1.165, 1.54) is 11.8 Å². The summed E-state index contributed by atoms with van der Waals surface area (Å²) in [7, 11) is 0. The number of anilines is 3. The smallest absolute Gasteiger partial charge is 0.180 e. The fourth-order valence-electron chi connectivity index (χ4n) is 3.55. The number of fused-ring (bicyclic) bond motifs is 2. The highest BCUT2D eigenvalue weighted by Gasteiger charge is 2.14. The summed E-state index contributed by atoms with van der Waals surface area (Å²) >= 11 is 0. The molecule has 0 saturated heterocycles. The fraction of sp³-hybridized carbons (Fsp3) is 0.143. The zero-order chi connectivity index (χ0) is 19.8. The average Bonchev–Trinajstić information content (AvgIpc) is 3.22. The molecule has 4 aromatic rings. The largest absolute Gasteiger partial charge is 0.398 e. The summed E-state index contributed by atoms with van der Waals surface area (Å²) in [4.78, 5) is 14.0. The van der Waals surface area contributed by atoms with Crippen LogP contribution in [0.3, 0.4) is 0 Å². The van der Waals surface area contributed by atoms with Gasteiger partial charge in [-0.2, -0.15) is 0 Å². The molecule has 1 aliphatic heterocycles. The van der Waals surface area contributed by atoms with Crippen molar-refractivity contribution in [2.75, 3.05) is 17.6 Å². The van der Waals surface area contributed by atoms with Crippen molar-refractivity contribution in [2.45, 2.75) is 13.0 Å². The Morgan fingerprint density at radius 1 is 1.21 bits per heavy atom. The number of pyridine rings is 1. The summed E-state index contributed by atoms with van der Waals surface area (Å²) in [6.45, 7) is 1.79. The first-order valence-electron chi connectivity index (χ1n) is 9.42. The second-order valence-corrected chi connectivity index (χ2v) is 6.97. The number of hydrogen-bond donors (Lipinski definition) is 4. The van der Waals surface area contributed by atoms with E-state index in [1.54, 1.807) is 6.20 Å². The van der Waals surface area contributed by atoms with Crippen LogP contribution in [0.2, 0.25) is 0 Å². The van der Waals surface area contributed by atoms with Crippen LogP contribution in [-0.4, -0.2) is 32.1 Å². The van der Waals surface area contributed by atoms with E-state index in [-0.39, 0.29) is 0 Å². The molecule has 0 bridgehead atoms. The molecular weight excluding hydrogens is 364 g/mol. The van der Waals surface area contributed by atoms with Crippen molar-refractivity contribution in [3.05, 3.63) is 65.7 Å². The van der Waals surface area contributed by atoms with Crippen LogP contribution in [-0.2, 0) is 13.0 Å². The molecule has 29 heavy (non-hydrogen) atoms. The zero-order valence-electron chi connectivity index (χ0n) is 15.7. The number of imidazole rings is 1. The lowest BCUT2D eigenvalue weighted by Gasteiger charge is -2.17. The molecule has 0 saturated carbocycles. The number of rotatable bonds is 4. The predicted molar refractivity (Wildman–Crippen MR) is 114 cm³/mol. The number of hydrogen-bond acceptors (Lipinski definition) is 7. The summed E-state index contributed by atoms with van der Waals surface area (Å²) in [6, 6.07) is 9.63. The van der Waals surface area contributed by atoms with Crippen molar-refractivity contribution >= 4 is 29.2 Å². The van der Waals surface area contributed by atoms with E-state index < -0.39 is 0 Å². The Morgan fingerprint density at radius 2 is 2.14 bits per heavy atom. The molecule has 144 valence electrons. The van der Waals surface area contributed by atoms with E-state index >= 15 is 0 Å². The third-order valence-electron chi connectivity index (χ3n) is 5.08. The SMILES string of the molecule is N=Cc1ccc(-c2cn3ccnc3c(Nc3ccc4c(n3)CCNC4)n2)cc1N. The molecule has 5 N–H and O–H groups in total. The van der Waals surface area contributed by atoms with Gasteiger partial charge in [0.1, 0.15) is 5.82 Å². The molecule has 4 heterocycles. The van der Waals surface area contributed by atoms with E-state index in [2.05, 4.69) is 21.7 Å². The molecule has 8 heteroatoms. The van der Waals surface area contributed by atoms with Gasteiger partial charge in [-0.15, -0.1) is 0 Å². The Morgan fingerprint density at radius 3 is 3.00 bits per heavy atom. The molecule has 0 atom stereocenters. The monoisotopic (exact) mass is 384 g/mol. The summed E-state index contributed by atoms with van der Waals surface area (Å²) in [5.74, 6) is 1.38. The Balaban J connectivity index is 1.56. The van der Waals surface area contributed by atoms with Crippen LogP contribution in [0.15, 0.2) is 48.9 Å². The summed E-state index contributed by atoms with van der Waals surface area (Å²) < 4.78 is 1.92. The van der Waals surface area contributed by atoms with Gasteiger partial charge >= 0.3 is 0 Å². The minimum absolute atomic E-state index is 0.546. The first kappa shape index (κ1) is 17.3. The predicted octanol–water partition coefficient (Wildman–Crippen LogP) is 2.76. The van der Waals surface area contributed by atoms with Crippen molar-refractivity contribution in [1.29, 1.82) is 5.41 Å². The zero-order valence-corrected chi connectivity index (χ0v) is 15.7. The molecule has 0 spiro atoms. The van der Waals surface area contributed by atoms with E-state index in [4.69, 9.17) is 21.1 Å². The number of nitrogens with two attached hydrogens (primary N) is 1. The summed E-state index contributed by atoms with van der Waals surface area (Å²) in [5.41, 5.74) is 12.0. The maximum absolute atomic E-state index is 7.42. The third-order valence-corrected chi connectivity index (χ3v) is 5.08. The standard InChI is InChI=1S/C21H20N8/c22-10-14-2-1-13(9-16(14)23)18-12-29-8-7-25-21(29)20(27-18)28-19-4-3-15-11-24-6-5-17(15)26-19/h1-4,7-10,12,22,24H,5-6,11,23H2,(H,26,27,28). The maximum atomic E-state index is 7.42. The number of nitrogens with zero attached hydrogens (tertiary/aromatic N) is 4. The fourth-order valence-corrected chi connectivity index (χ4v) is 3.55. The van der Waals surface area contributed by atoms with Gasteiger partial charge in [0.25, 0.3) is 0 Å². The quantitative estimate of drug-likeness (QED) is 0.317. The van der Waals surface area contributed by atoms with Crippen LogP contribution in [0.5, 0.6) is 0 Å². The minimum Gasteiger partial charge on any atom is -0.398 e. The first-order chi connectivity index (χ1) is 14.2. The van der Waals surface area contributed by atoms with E-state index in [0.29, 0.717) is 17.1 Å². The van der Waals surface area contributed by atoms with E-state index in [1.807, 2.05) is 41.1 Å². The number of nitrogen functional groups attached to an aromatic ring is 1. The van der Waals surface area contributed by atoms with Gasteiger partial charge in [0.05, 0.1) is 5.69 Å². The molecule has 0 unspecified atom stereocenters. The van der Waals surface area contributed by atoms with Gasteiger partial charge in [-0.05, 0) is 17.7 Å². The normalized spacial score (nSPS) is 13.2. The van der Waals surface area contributed by atoms with Gasteiger partial charge in [0, 0.05) is 66.8 Å². The molecule has 8 nitrogen and oxygen atoms in total. The second kappa shape index (κ2) is 6.99. The van der Waals surface area contributed by atoms with E-state index in [9.17, 15) is 0 Å². The lowest BCUT2D eigenvalue weighted by atomic mass is 10.1. The van der Waals surface area contributed by atoms with Crippen LogP contribution in [0.25, 0.3) is 16.9 Å². The van der Waals surface area contributed by atoms with Crippen LogP contribution < -0.4 is 16.4 Å². The Hall–Kier alpha value is -3.78. The molecular formula is C21H20N8. The molecule has 1 aliphatic rings. The number of benzene rings is 1. The Bertz CT molecular complexity index is 1230. The highest BCUT2D eigenvalue weighted by atomic mass is 15.1.